The molecule has 0 aromatic heterocycles. The van der Waals surface area contributed by atoms with Crippen molar-refractivity contribution in [2.45, 2.75) is 6.23 Å². The van der Waals surface area contributed by atoms with E-state index >= 15 is 0 Å². The lowest BCUT2D eigenvalue weighted by atomic mass is 10.1. The Kier molecular flexibility index (Phi) is 2.68. The fourth-order valence-electron chi connectivity index (χ4n) is 2.39. The molecule has 0 unspecified atom stereocenters. The van der Waals surface area contributed by atoms with Gasteiger partial charge in [-0.05, 0) is 18.2 Å². The van der Waals surface area contributed by atoms with Crippen molar-refractivity contribution in [3.63, 3.8) is 0 Å². The number of nitrogens with one attached hydrogen (secondary N) is 1. The van der Waals surface area contributed by atoms with E-state index < -0.39 is 6.23 Å². The molecule has 0 aliphatic carbocycles. The quantitative estimate of drug-likeness (QED) is 0.880. The minimum atomic E-state index is -0.658. The zero-order chi connectivity index (χ0) is 14.4. The Bertz CT molecular complexity index is 746. The molecule has 21 heavy (non-hydrogen) atoms. The molecule has 5 nitrogen and oxygen atoms in total. The van der Waals surface area contributed by atoms with Gasteiger partial charge >= 0.3 is 0 Å². The average Bonchev–Trinajstić information content (AvgIpc) is 2.93. The van der Waals surface area contributed by atoms with Gasteiger partial charge < -0.3 is 19.5 Å². The van der Waals surface area contributed by atoms with Gasteiger partial charge in [0.25, 0.3) is 5.91 Å². The average molecular weight is 304 g/mol. The Morgan fingerprint density at radius 3 is 2.71 bits per heavy atom. The largest absolute Gasteiger partial charge is 0.466 e. The molecule has 6 heteroatoms. The first-order chi connectivity index (χ1) is 10.2. The van der Waals surface area contributed by atoms with Gasteiger partial charge in [-0.2, -0.15) is 0 Å². The zero-order valence-corrected chi connectivity index (χ0v) is 11.5. The van der Waals surface area contributed by atoms with Crippen LogP contribution in [-0.4, -0.2) is 12.7 Å². The minimum absolute atomic E-state index is 0.163. The second kappa shape index (κ2) is 4.56. The predicted octanol–water partition coefficient (Wildman–Crippen LogP) is 2.89. The molecule has 0 spiro atoms. The summed E-state index contributed by atoms with van der Waals surface area (Å²) >= 11 is 6.25. The van der Waals surface area contributed by atoms with Crippen molar-refractivity contribution in [2.75, 3.05) is 6.79 Å². The molecule has 2 aromatic carbocycles. The third kappa shape index (κ3) is 1.97. The van der Waals surface area contributed by atoms with Gasteiger partial charge in [0, 0.05) is 11.6 Å². The van der Waals surface area contributed by atoms with Crippen LogP contribution < -0.4 is 19.5 Å². The Morgan fingerprint density at radius 1 is 1.10 bits per heavy atom. The number of hydrogen-bond donors (Lipinski definition) is 1. The van der Waals surface area contributed by atoms with E-state index in [9.17, 15) is 4.79 Å². The Balaban J connectivity index is 1.74. The van der Waals surface area contributed by atoms with Crippen LogP contribution in [0, 0.1) is 0 Å². The molecule has 106 valence electrons. The van der Waals surface area contributed by atoms with Crippen molar-refractivity contribution in [2.24, 2.45) is 0 Å². The molecule has 2 aliphatic heterocycles. The standard InChI is InChI=1S/C15H10ClNO4/c16-10-6-13-12(19-7-20-13)5-9(10)15-17-14(18)8-3-1-2-4-11(8)21-15/h1-6,15H,7H2,(H,17,18)/t15-/m0/s1. The van der Waals surface area contributed by atoms with E-state index in [4.69, 9.17) is 25.8 Å². The number of carbonyl (C=O) groups is 1. The summed E-state index contributed by atoms with van der Waals surface area (Å²) in [5.41, 5.74) is 1.13. The Labute approximate surface area is 125 Å². The fourth-order valence-corrected chi connectivity index (χ4v) is 2.64. The van der Waals surface area contributed by atoms with Crippen LogP contribution in [-0.2, 0) is 0 Å². The lowest BCUT2D eigenvalue weighted by Gasteiger charge is -2.27. The van der Waals surface area contributed by atoms with Crippen LogP contribution >= 0.6 is 11.6 Å². The number of halogens is 1. The van der Waals surface area contributed by atoms with Gasteiger partial charge in [-0.15, -0.1) is 0 Å². The van der Waals surface area contributed by atoms with Crippen molar-refractivity contribution in [3.05, 3.63) is 52.5 Å². The highest BCUT2D eigenvalue weighted by Gasteiger charge is 2.29. The normalized spacial score (nSPS) is 18.7. The van der Waals surface area contributed by atoms with E-state index in [1.54, 1.807) is 30.3 Å². The minimum Gasteiger partial charge on any atom is -0.466 e. The summed E-state index contributed by atoms with van der Waals surface area (Å²) < 4.78 is 16.4. The van der Waals surface area contributed by atoms with Crippen LogP contribution in [0.3, 0.4) is 0 Å². The van der Waals surface area contributed by atoms with Gasteiger partial charge in [0.1, 0.15) is 5.75 Å². The number of benzene rings is 2. The first kappa shape index (κ1) is 12.3. The van der Waals surface area contributed by atoms with Gasteiger partial charge in [0.15, 0.2) is 17.7 Å². The molecule has 1 amide bonds. The maximum atomic E-state index is 12.1. The number of ether oxygens (including phenoxy) is 3. The van der Waals surface area contributed by atoms with Crippen LogP contribution in [0.5, 0.6) is 17.2 Å². The first-order valence-electron chi connectivity index (χ1n) is 6.38. The number of para-hydroxylation sites is 1. The van der Waals surface area contributed by atoms with Crippen LogP contribution in [0.4, 0.5) is 0 Å². The molecule has 2 aromatic rings. The van der Waals surface area contributed by atoms with Crippen molar-refractivity contribution in [3.8, 4) is 17.2 Å². The summed E-state index contributed by atoms with van der Waals surface area (Å²) in [6.45, 7) is 0.163. The fraction of sp³-hybridized carbons (Fsp3) is 0.133. The highest BCUT2D eigenvalue weighted by molar-refractivity contribution is 6.31. The summed E-state index contributed by atoms with van der Waals surface area (Å²) in [6.07, 6.45) is -0.658. The van der Waals surface area contributed by atoms with Crippen molar-refractivity contribution < 1.29 is 19.0 Å². The van der Waals surface area contributed by atoms with Crippen LogP contribution in [0.1, 0.15) is 22.1 Å². The molecule has 4 rings (SSSR count). The number of carbonyl (C=O) groups excluding carboxylic acids is 1. The van der Waals surface area contributed by atoms with Crippen molar-refractivity contribution >= 4 is 17.5 Å². The topological polar surface area (TPSA) is 56.8 Å². The van der Waals surface area contributed by atoms with Gasteiger partial charge in [0.2, 0.25) is 6.79 Å². The van der Waals surface area contributed by atoms with Crippen LogP contribution in [0.15, 0.2) is 36.4 Å². The van der Waals surface area contributed by atoms with E-state index in [-0.39, 0.29) is 12.7 Å². The Hall–Kier alpha value is -2.40. The lowest BCUT2D eigenvalue weighted by Crippen LogP contribution is -2.36. The van der Waals surface area contributed by atoms with E-state index in [1.807, 2.05) is 6.07 Å². The highest BCUT2D eigenvalue weighted by atomic mass is 35.5. The third-order valence-corrected chi connectivity index (χ3v) is 3.74. The van der Waals surface area contributed by atoms with E-state index in [0.717, 1.165) is 0 Å². The lowest BCUT2D eigenvalue weighted by molar-refractivity contribution is 0.0756. The predicted molar refractivity (Wildman–Crippen MR) is 74.9 cm³/mol. The van der Waals surface area contributed by atoms with E-state index in [2.05, 4.69) is 5.32 Å². The summed E-state index contributed by atoms with van der Waals surface area (Å²) in [4.78, 5) is 12.1. The van der Waals surface area contributed by atoms with Crippen molar-refractivity contribution in [1.82, 2.24) is 5.32 Å². The van der Waals surface area contributed by atoms with E-state index in [0.29, 0.717) is 33.4 Å². The smallest absolute Gasteiger partial charge is 0.258 e. The maximum absolute atomic E-state index is 12.1. The van der Waals surface area contributed by atoms with Gasteiger partial charge in [-0.25, -0.2) is 0 Å². The van der Waals surface area contributed by atoms with E-state index in [1.165, 1.54) is 0 Å². The molecule has 0 saturated carbocycles. The summed E-state index contributed by atoms with van der Waals surface area (Å²) in [5, 5.41) is 3.23. The zero-order valence-electron chi connectivity index (χ0n) is 10.8. The summed E-state index contributed by atoms with van der Waals surface area (Å²) in [7, 11) is 0. The molecule has 0 radical (unpaired) electrons. The summed E-state index contributed by atoms with van der Waals surface area (Å²) in [5.74, 6) is 1.51. The van der Waals surface area contributed by atoms with Gasteiger partial charge in [-0.1, -0.05) is 23.7 Å². The second-order valence-electron chi connectivity index (χ2n) is 4.69. The van der Waals surface area contributed by atoms with Crippen molar-refractivity contribution in [1.29, 1.82) is 0 Å². The number of hydrogen-bond acceptors (Lipinski definition) is 4. The molecular weight excluding hydrogens is 294 g/mol. The molecule has 2 aliphatic rings. The molecule has 0 saturated heterocycles. The Morgan fingerprint density at radius 2 is 1.86 bits per heavy atom. The second-order valence-corrected chi connectivity index (χ2v) is 5.10. The molecule has 0 fully saturated rings. The number of rotatable bonds is 1. The molecule has 0 bridgehead atoms. The maximum Gasteiger partial charge on any atom is 0.258 e. The highest BCUT2D eigenvalue weighted by Crippen LogP contribution is 2.40. The first-order valence-corrected chi connectivity index (χ1v) is 6.76. The third-order valence-electron chi connectivity index (χ3n) is 3.41. The summed E-state index contributed by atoms with van der Waals surface area (Å²) in [6, 6.07) is 10.5. The number of fused-ring (bicyclic) bond motifs is 2. The van der Waals surface area contributed by atoms with Gasteiger partial charge in [0.05, 0.1) is 10.6 Å². The van der Waals surface area contributed by atoms with Gasteiger partial charge in [-0.3, -0.25) is 4.79 Å². The molecular formula is C15H10ClNO4. The van der Waals surface area contributed by atoms with Crippen LogP contribution in [0.25, 0.3) is 0 Å². The molecule has 1 N–H and O–H groups in total. The number of amides is 1. The monoisotopic (exact) mass is 303 g/mol. The SMILES string of the molecule is O=C1N[C@H](c2cc3c(cc2Cl)OCO3)Oc2ccccc21. The molecule has 1 atom stereocenters. The molecule has 2 heterocycles. The van der Waals surface area contributed by atoms with Crippen LogP contribution in [0.2, 0.25) is 5.02 Å².